The highest BCUT2D eigenvalue weighted by molar-refractivity contribution is 5.43. The first kappa shape index (κ1) is 13.6. The lowest BCUT2D eigenvalue weighted by Crippen LogP contribution is -2.45. The van der Waals surface area contributed by atoms with Crippen LogP contribution in [0.25, 0.3) is 0 Å². The Morgan fingerprint density at radius 3 is 2.65 bits per heavy atom. The van der Waals surface area contributed by atoms with Gasteiger partial charge in [0.05, 0.1) is 6.07 Å². The normalized spacial score (nSPS) is 26.8. The van der Waals surface area contributed by atoms with Crippen LogP contribution in [-0.2, 0) is 12.0 Å². The van der Waals surface area contributed by atoms with Gasteiger partial charge in [0, 0.05) is 6.04 Å². The Morgan fingerprint density at radius 1 is 1.20 bits per heavy atom. The zero-order valence-corrected chi connectivity index (χ0v) is 11.8. The van der Waals surface area contributed by atoms with Gasteiger partial charge >= 0.3 is 0 Å². The van der Waals surface area contributed by atoms with Crippen molar-refractivity contribution >= 4 is 0 Å². The predicted molar refractivity (Wildman–Crippen MR) is 76.6 cm³/mol. The summed E-state index contributed by atoms with van der Waals surface area (Å²) in [4.78, 5) is 0. The van der Waals surface area contributed by atoms with Crippen molar-refractivity contribution in [2.45, 2.75) is 62.9 Å². The molecule has 3 rings (SSSR count). The number of halogens is 1. The van der Waals surface area contributed by atoms with E-state index in [2.05, 4.69) is 11.4 Å². The summed E-state index contributed by atoms with van der Waals surface area (Å²) in [6.07, 6.45) is 8.96. The smallest absolute Gasteiger partial charge is 0.133 e. The van der Waals surface area contributed by atoms with Crippen molar-refractivity contribution in [1.29, 1.82) is 5.26 Å². The minimum atomic E-state index is -0.599. The summed E-state index contributed by atoms with van der Waals surface area (Å²) >= 11 is 0. The largest absolute Gasteiger partial charge is 0.293 e. The third-order valence-corrected chi connectivity index (χ3v) is 4.79. The van der Waals surface area contributed by atoms with Crippen molar-refractivity contribution in [3.63, 3.8) is 0 Å². The van der Waals surface area contributed by atoms with Crippen molar-refractivity contribution in [3.8, 4) is 6.07 Å². The summed E-state index contributed by atoms with van der Waals surface area (Å²) < 4.78 is 13.3. The fourth-order valence-electron chi connectivity index (χ4n) is 3.71. The molecule has 1 atom stereocenters. The molecule has 0 aromatic heterocycles. The van der Waals surface area contributed by atoms with Gasteiger partial charge in [-0.1, -0.05) is 31.7 Å². The number of aryl methyl sites for hydroxylation is 1. The second-order valence-corrected chi connectivity index (χ2v) is 6.15. The van der Waals surface area contributed by atoms with Gasteiger partial charge in [0.25, 0.3) is 0 Å². The van der Waals surface area contributed by atoms with Gasteiger partial charge in [0.2, 0.25) is 0 Å². The molecular formula is C17H21FN2. The molecule has 0 radical (unpaired) electrons. The Morgan fingerprint density at radius 2 is 1.95 bits per heavy atom. The zero-order chi connectivity index (χ0) is 14.0. The molecule has 0 aliphatic heterocycles. The lowest BCUT2D eigenvalue weighted by molar-refractivity contribution is 0.334. The predicted octanol–water partition coefficient (Wildman–Crippen LogP) is 3.80. The minimum Gasteiger partial charge on any atom is -0.293 e. The van der Waals surface area contributed by atoms with Crippen molar-refractivity contribution in [2.75, 3.05) is 0 Å². The number of nitrogens with zero attached hydrogens (tertiary/aromatic N) is 1. The molecule has 2 aliphatic carbocycles. The lowest BCUT2D eigenvalue weighted by atomic mass is 9.91. The molecule has 1 aromatic carbocycles. The maximum absolute atomic E-state index is 13.3. The number of benzene rings is 1. The molecule has 3 heteroatoms. The van der Waals surface area contributed by atoms with Crippen LogP contribution in [0.3, 0.4) is 0 Å². The van der Waals surface area contributed by atoms with Gasteiger partial charge in [-0.25, -0.2) is 4.39 Å². The molecule has 0 amide bonds. The molecule has 2 aliphatic rings. The van der Waals surface area contributed by atoms with E-state index in [0.717, 1.165) is 36.8 Å². The molecule has 0 spiro atoms. The second kappa shape index (κ2) is 5.54. The molecule has 106 valence electrons. The first-order valence-corrected chi connectivity index (χ1v) is 7.71. The molecule has 20 heavy (non-hydrogen) atoms. The lowest BCUT2D eigenvalue weighted by Gasteiger charge is -2.29. The van der Waals surface area contributed by atoms with Crippen molar-refractivity contribution < 1.29 is 4.39 Å². The van der Waals surface area contributed by atoms with Crippen LogP contribution >= 0.6 is 0 Å². The highest BCUT2D eigenvalue weighted by atomic mass is 19.1. The third-order valence-electron chi connectivity index (χ3n) is 4.79. The Hall–Kier alpha value is -1.40. The van der Waals surface area contributed by atoms with Gasteiger partial charge in [0.15, 0.2) is 0 Å². The van der Waals surface area contributed by atoms with E-state index in [-0.39, 0.29) is 5.82 Å². The average Bonchev–Trinajstić information content (AvgIpc) is 2.63. The van der Waals surface area contributed by atoms with E-state index >= 15 is 0 Å². The van der Waals surface area contributed by atoms with E-state index in [9.17, 15) is 9.65 Å². The number of nitrogens with one attached hydrogen (secondary N) is 1. The summed E-state index contributed by atoms with van der Waals surface area (Å²) in [5.74, 6) is -0.202. The van der Waals surface area contributed by atoms with Crippen molar-refractivity contribution in [2.24, 2.45) is 0 Å². The summed E-state index contributed by atoms with van der Waals surface area (Å²) in [5, 5.41) is 13.3. The van der Waals surface area contributed by atoms with Crippen LogP contribution in [0.1, 0.15) is 56.1 Å². The third kappa shape index (κ3) is 2.45. The van der Waals surface area contributed by atoms with Gasteiger partial charge in [-0.05, 0) is 48.9 Å². The average molecular weight is 272 g/mol. The van der Waals surface area contributed by atoms with Crippen LogP contribution in [0.5, 0.6) is 0 Å². The molecule has 0 bridgehead atoms. The summed E-state index contributed by atoms with van der Waals surface area (Å²) in [6, 6.07) is 7.77. The number of nitriles is 1. The highest BCUT2D eigenvalue weighted by Crippen LogP contribution is 2.38. The Kier molecular flexibility index (Phi) is 3.76. The van der Waals surface area contributed by atoms with Crippen LogP contribution in [0, 0.1) is 17.1 Å². The molecular weight excluding hydrogens is 251 g/mol. The van der Waals surface area contributed by atoms with Crippen LogP contribution in [0.4, 0.5) is 4.39 Å². The van der Waals surface area contributed by atoms with Gasteiger partial charge in [-0.15, -0.1) is 0 Å². The number of rotatable bonds is 2. The van der Waals surface area contributed by atoms with E-state index in [1.54, 1.807) is 12.1 Å². The van der Waals surface area contributed by atoms with E-state index in [0.29, 0.717) is 6.04 Å². The van der Waals surface area contributed by atoms with Crippen molar-refractivity contribution in [1.82, 2.24) is 5.32 Å². The van der Waals surface area contributed by atoms with Gasteiger partial charge in [0.1, 0.15) is 11.4 Å². The monoisotopic (exact) mass is 272 g/mol. The molecule has 1 aromatic rings. The number of hydrogen-bond donors (Lipinski definition) is 1. The number of fused-ring (bicyclic) bond motifs is 1. The number of hydrogen-bond acceptors (Lipinski definition) is 2. The van der Waals surface area contributed by atoms with Crippen LogP contribution in [0.2, 0.25) is 0 Å². The van der Waals surface area contributed by atoms with Crippen LogP contribution < -0.4 is 5.32 Å². The first-order valence-electron chi connectivity index (χ1n) is 7.71. The van der Waals surface area contributed by atoms with Gasteiger partial charge < -0.3 is 0 Å². The summed E-state index contributed by atoms with van der Waals surface area (Å²) in [6.45, 7) is 0. The zero-order valence-electron chi connectivity index (χ0n) is 11.8. The standard InChI is InChI=1S/C17H21FN2/c18-14-7-8-16-13(11-14)9-10-17(16,12-19)20-15-5-3-1-2-4-6-15/h7-8,11,15,20H,1-6,9-10H2. The van der Waals surface area contributed by atoms with Gasteiger partial charge in [-0.3, -0.25) is 5.32 Å². The summed E-state index contributed by atoms with van der Waals surface area (Å²) in [7, 11) is 0. The van der Waals surface area contributed by atoms with E-state index in [1.807, 2.05) is 0 Å². The molecule has 1 N–H and O–H groups in total. The van der Waals surface area contributed by atoms with Gasteiger partial charge in [-0.2, -0.15) is 5.26 Å². The van der Waals surface area contributed by atoms with Crippen molar-refractivity contribution in [3.05, 3.63) is 35.1 Å². The van der Waals surface area contributed by atoms with E-state index in [4.69, 9.17) is 0 Å². The Bertz CT molecular complexity index is 526. The Balaban J connectivity index is 1.85. The second-order valence-electron chi connectivity index (χ2n) is 6.15. The molecule has 1 fully saturated rings. The topological polar surface area (TPSA) is 35.8 Å². The molecule has 1 unspecified atom stereocenters. The SMILES string of the molecule is N#CC1(NC2CCCCCC2)CCc2cc(F)ccc21. The molecule has 0 heterocycles. The summed E-state index contributed by atoms with van der Waals surface area (Å²) in [5.41, 5.74) is 1.39. The maximum Gasteiger partial charge on any atom is 0.133 e. The Labute approximate surface area is 120 Å². The molecule has 2 nitrogen and oxygen atoms in total. The maximum atomic E-state index is 13.3. The fourth-order valence-corrected chi connectivity index (χ4v) is 3.71. The molecule has 1 saturated carbocycles. The quantitative estimate of drug-likeness (QED) is 0.831. The minimum absolute atomic E-state index is 0.202. The first-order chi connectivity index (χ1) is 9.73. The van der Waals surface area contributed by atoms with E-state index in [1.165, 1.54) is 31.7 Å². The van der Waals surface area contributed by atoms with Crippen LogP contribution in [0.15, 0.2) is 18.2 Å². The van der Waals surface area contributed by atoms with E-state index < -0.39 is 5.54 Å². The van der Waals surface area contributed by atoms with Crippen LogP contribution in [-0.4, -0.2) is 6.04 Å². The fraction of sp³-hybridized carbons (Fsp3) is 0.588. The highest BCUT2D eigenvalue weighted by Gasteiger charge is 2.40. The molecule has 0 saturated heterocycles.